The summed E-state index contributed by atoms with van der Waals surface area (Å²) in [6.07, 6.45) is 0.726. The van der Waals surface area contributed by atoms with Crippen LogP contribution in [-0.2, 0) is 11.2 Å². The van der Waals surface area contributed by atoms with Gasteiger partial charge in [0.1, 0.15) is 11.4 Å². The Morgan fingerprint density at radius 1 is 1.05 bits per heavy atom. The van der Waals surface area contributed by atoms with Gasteiger partial charge in [-0.15, -0.1) is 0 Å². The second-order valence-corrected chi connectivity index (χ2v) is 4.50. The molecule has 0 aliphatic heterocycles. The molecular weight excluding hydrogens is 273 g/mol. The number of benzene rings is 2. The van der Waals surface area contributed by atoms with Crippen LogP contribution in [0.15, 0.2) is 48.5 Å². The van der Waals surface area contributed by atoms with Crippen LogP contribution in [0.3, 0.4) is 0 Å². The van der Waals surface area contributed by atoms with Gasteiger partial charge in [0.15, 0.2) is 0 Å². The van der Waals surface area contributed by atoms with Crippen molar-refractivity contribution in [2.75, 3.05) is 5.32 Å². The highest BCUT2D eigenvalue weighted by atomic mass is 19.1. The topological polar surface area (TPSA) is 66.4 Å². The summed E-state index contributed by atoms with van der Waals surface area (Å²) in [5.41, 5.74) is 0.455. The molecule has 0 atom stereocenters. The molecule has 1 amide bonds. The molecule has 2 aromatic rings. The zero-order chi connectivity index (χ0) is 15.2. The van der Waals surface area contributed by atoms with Crippen molar-refractivity contribution in [3.05, 3.63) is 65.5 Å². The number of nitrogens with one attached hydrogen (secondary N) is 1. The van der Waals surface area contributed by atoms with Gasteiger partial charge in [0.05, 0.1) is 5.69 Å². The van der Waals surface area contributed by atoms with Crippen LogP contribution in [0.1, 0.15) is 22.3 Å². The SMILES string of the molecule is O=C(CCc1ccccc1)Nc1cccc(F)c1C(=O)O. The van der Waals surface area contributed by atoms with E-state index in [2.05, 4.69) is 5.32 Å². The van der Waals surface area contributed by atoms with Gasteiger partial charge in [-0.2, -0.15) is 0 Å². The molecule has 2 N–H and O–H groups in total. The minimum atomic E-state index is -1.41. The lowest BCUT2D eigenvalue weighted by atomic mass is 10.1. The van der Waals surface area contributed by atoms with Crippen LogP contribution in [0, 0.1) is 5.82 Å². The summed E-state index contributed by atoms with van der Waals surface area (Å²) in [6, 6.07) is 13.2. The van der Waals surface area contributed by atoms with E-state index in [-0.39, 0.29) is 18.0 Å². The second kappa shape index (κ2) is 6.65. The average molecular weight is 287 g/mol. The van der Waals surface area contributed by atoms with Gasteiger partial charge in [0.25, 0.3) is 0 Å². The molecule has 0 fully saturated rings. The maximum atomic E-state index is 13.5. The molecule has 108 valence electrons. The normalized spacial score (nSPS) is 10.1. The monoisotopic (exact) mass is 287 g/mol. The van der Waals surface area contributed by atoms with Gasteiger partial charge < -0.3 is 10.4 Å². The molecule has 0 saturated carbocycles. The van der Waals surface area contributed by atoms with Gasteiger partial charge in [-0.3, -0.25) is 4.79 Å². The molecule has 2 aromatic carbocycles. The molecule has 0 spiro atoms. The Bertz CT molecular complexity index is 656. The molecule has 4 nitrogen and oxygen atoms in total. The number of hydrogen-bond acceptors (Lipinski definition) is 2. The van der Waals surface area contributed by atoms with Crippen molar-refractivity contribution in [3.8, 4) is 0 Å². The Balaban J connectivity index is 2.03. The Labute approximate surface area is 121 Å². The van der Waals surface area contributed by atoms with Gasteiger partial charge in [0, 0.05) is 6.42 Å². The fourth-order valence-electron chi connectivity index (χ4n) is 1.96. The van der Waals surface area contributed by atoms with Crippen LogP contribution in [-0.4, -0.2) is 17.0 Å². The third kappa shape index (κ3) is 3.89. The summed E-state index contributed by atoms with van der Waals surface area (Å²) >= 11 is 0. The van der Waals surface area contributed by atoms with Crippen LogP contribution in [0.4, 0.5) is 10.1 Å². The highest BCUT2D eigenvalue weighted by molar-refractivity contribution is 6.00. The van der Waals surface area contributed by atoms with Gasteiger partial charge in [0.2, 0.25) is 5.91 Å². The van der Waals surface area contributed by atoms with Crippen LogP contribution in [0.5, 0.6) is 0 Å². The van der Waals surface area contributed by atoms with Crippen molar-refractivity contribution >= 4 is 17.6 Å². The third-order valence-corrected chi connectivity index (χ3v) is 2.99. The standard InChI is InChI=1S/C16H14FNO3/c17-12-7-4-8-13(15(12)16(20)21)18-14(19)10-9-11-5-2-1-3-6-11/h1-8H,9-10H2,(H,18,19)(H,20,21). The molecule has 0 aliphatic carbocycles. The smallest absolute Gasteiger partial charge is 0.340 e. The summed E-state index contributed by atoms with van der Waals surface area (Å²) < 4.78 is 13.5. The predicted octanol–water partition coefficient (Wildman–Crippen LogP) is 3.10. The fraction of sp³-hybridized carbons (Fsp3) is 0.125. The third-order valence-electron chi connectivity index (χ3n) is 2.99. The molecule has 0 aliphatic rings. The zero-order valence-corrected chi connectivity index (χ0v) is 11.2. The largest absolute Gasteiger partial charge is 0.478 e. The molecule has 5 heteroatoms. The fourth-order valence-corrected chi connectivity index (χ4v) is 1.96. The van der Waals surface area contributed by atoms with E-state index in [1.165, 1.54) is 12.1 Å². The quantitative estimate of drug-likeness (QED) is 0.888. The summed E-state index contributed by atoms with van der Waals surface area (Å²) in [7, 11) is 0. The summed E-state index contributed by atoms with van der Waals surface area (Å²) in [4.78, 5) is 22.9. The van der Waals surface area contributed by atoms with Crippen molar-refractivity contribution < 1.29 is 19.1 Å². The highest BCUT2D eigenvalue weighted by Gasteiger charge is 2.17. The number of halogens is 1. The molecule has 21 heavy (non-hydrogen) atoms. The molecule has 0 radical (unpaired) electrons. The van der Waals surface area contributed by atoms with Crippen molar-refractivity contribution in [1.29, 1.82) is 0 Å². The number of carbonyl (C=O) groups excluding carboxylic acids is 1. The average Bonchev–Trinajstić information content (AvgIpc) is 2.46. The first-order chi connectivity index (χ1) is 10.1. The number of aromatic carboxylic acids is 1. The first-order valence-electron chi connectivity index (χ1n) is 6.43. The van der Waals surface area contributed by atoms with E-state index in [1.54, 1.807) is 0 Å². The van der Waals surface area contributed by atoms with Crippen LogP contribution in [0.2, 0.25) is 0 Å². The molecule has 0 aromatic heterocycles. The number of aryl methyl sites for hydroxylation is 1. The highest BCUT2D eigenvalue weighted by Crippen LogP contribution is 2.19. The van der Waals surface area contributed by atoms with E-state index in [1.807, 2.05) is 30.3 Å². The minimum absolute atomic E-state index is 0.0273. The zero-order valence-electron chi connectivity index (χ0n) is 11.2. The van der Waals surface area contributed by atoms with Crippen molar-refractivity contribution in [1.82, 2.24) is 0 Å². The number of rotatable bonds is 5. The molecular formula is C16H14FNO3. The van der Waals surface area contributed by atoms with E-state index >= 15 is 0 Å². The minimum Gasteiger partial charge on any atom is -0.478 e. The van der Waals surface area contributed by atoms with Gasteiger partial charge in [-0.1, -0.05) is 36.4 Å². The summed E-state index contributed by atoms with van der Waals surface area (Å²) in [5, 5.41) is 11.4. The molecule has 0 heterocycles. The number of hydrogen-bond donors (Lipinski definition) is 2. The Kier molecular flexibility index (Phi) is 4.66. The van der Waals surface area contributed by atoms with Crippen molar-refractivity contribution in [2.24, 2.45) is 0 Å². The molecule has 0 unspecified atom stereocenters. The summed E-state index contributed by atoms with van der Waals surface area (Å²) in [6.45, 7) is 0. The first kappa shape index (κ1) is 14.7. The van der Waals surface area contributed by atoms with E-state index in [0.29, 0.717) is 6.42 Å². The molecule has 0 bridgehead atoms. The van der Waals surface area contributed by atoms with Crippen LogP contribution in [0.25, 0.3) is 0 Å². The van der Waals surface area contributed by atoms with Crippen LogP contribution < -0.4 is 5.32 Å². The number of carboxylic acid groups (broad SMARTS) is 1. The van der Waals surface area contributed by atoms with Gasteiger partial charge in [-0.05, 0) is 24.1 Å². The lowest BCUT2D eigenvalue weighted by molar-refractivity contribution is -0.116. The number of carbonyl (C=O) groups is 2. The Morgan fingerprint density at radius 3 is 2.43 bits per heavy atom. The van der Waals surface area contributed by atoms with E-state index in [0.717, 1.165) is 11.6 Å². The van der Waals surface area contributed by atoms with E-state index in [9.17, 15) is 14.0 Å². The van der Waals surface area contributed by atoms with Gasteiger partial charge >= 0.3 is 5.97 Å². The lowest BCUT2D eigenvalue weighted by Gasteiger charge is -2.09. The van der Waals surface area contributed by atoms with Crippen molar-refractivity contribution in [2.45, 2.75) is 12.8 Å². The maximum Gasteiger partial charge on any atom is 0.340 e. The van der Waals surface area contributed by atoms with E-state index < -0.39 is 17.3 Å². The van der Waals surface area contributed by atoms with E-state index in [4.69, 9.17) is 5.11 Å². The van der Waals surface area contributed by atoms with Crippen molar-refractivity contribution in [3.63, 3.8) is 0 Å². The molecule has 0 saturated heterocycles. The first-order valence-corrected chi connectivity index (χ1v) is 6.43. The lowest BCUT2D eigenvalue weighted by Crippen LogP contribution is -2.16. The second-order valence-electron chi connectivity index (χ2n) is 4.50. The number of carboxylic acids is 1. The molecule has 2 rings (SSSR count). The Hall–Kier alpha value is -2.69. The maximum absolute atomic E-state index is 13.5. The van der Waals surface area contributed by atoms with Crippen LogP contribution >= 0.6 is 0 Å². The van der Waals surface area contributed by atoms with Gasteiger partial charge in [-0.25, -0.2) is 9.18 Å². The number of anilines is 1. The number of amides is 1. The Morgan fingerprint density at radius 2 is 1.76 bits per heavy atom. The predicted molar refractivity (Wildman–Crippen MR) is 76.8 cm³/mol. The summed E-state index contributed by atoms with van der Waals surface area (Å²) in [5.74, 6) is -2.64.